The van der Waals surface area contributed by atoms with Gasteiger partial charge in [0.25, 0.3) is 0 Å². The molecular formula is C20H42IN5. The topological polar surface area (TPSA) is 42.9 Å². The Morgan fingerprint density at radius 3 is 2.31 bits per heavy atom. The second-order valence-corrected chi connectivity index (χ2v) is 8.66. The van der Waals surface area contributed by atoms with Crippen molar-refractivity contribution in [2.45, 2.75) is 52.4 Å². The van der Waals surface area contributed by atoms with E-state index in [1.165, 1.54) is 71.2 Å². The number of rotatable bonds is 9. The highest BCUT2D eigenvalue weighted by Crippen LogP contribution is 2.45. The fraction of sp³-hybridized carbons (Fsp3) is 0.950. The summed E-state index contributed by atoms with van der Waals surface area (Å²) in [6, 6.07) is 0. The molecule has 26 heavy (non-hydrogen) atoms. The summed E-state index contributed by atoms with van der Waals surface area (Å²) >= 11 is 0. The lowest BCUT2D eigenvalue weighted by molar-refractivity contribution is 0.104. The first kappa shape index (κ1) is 24.0. The lowest BCUT2D eigenvalue weighted by Gasteiger charge is -2.43. The monoisotopic (exact) mass is 479 g/mol. The van der Waals surface area contributed by atoms with Crippen LogP contribution in [0.2, 0.25) is 0 Å². The van der Waals surface area contributed by atoms with Gasteiger partial charge in [-0.3, -0.25) is 4.99 Å². The van der Waals surface area contributed by atoms with E-state index in [-0.39, 0.29) is 24.0 Å². The van der Waals surface area contributed by atoms with Gasteiger partial charge < -0.3 is 20.4 Å². The number of unbranched alkanes of at least 4 members (excludes halogenated alkanes) is 1. The van der Waals surface area contributed by atoms with E-state index < -0.39 is 0 Å². The van der Waals surface area contributed by atoms with Gasteiger partial charge in [0.1, 0.15) is 0 Å². The molecule has 1 aliphatic heterocycles. The van der Waals surface area contributed by atoms with Gasteiger partial charge in [-0.15, -0.1) is 24.0 Å². The SMILES string of the molecule is CN=C(NCCCCN1CCN(C)CC1)NCC1(CC(C)C)CCC1.I. The molecule has 0 amide bonds. The first-order chi connectivity index (χ1) is 12.0. The van der Waals surface area contributed by atoms with Gasteiger partial charge in [-0.2, -0.15) is 0 Å². The Hall–Kier alpha value is -0.0800. The molecule has 0 atom stereocenters. The number of hydrogen-bond donors (Lipinski definition) is 2. The largest absolute Gasteiger partial charge is 0.356 e. The van der Waals surface area contributed by atoms with E-state index >= 15 is 0 Å². The van der Waals surface area contributed by atoms with Gasteiger partial charge >= 0.3 is 0 Å². The third-order valence-electron chi connectivity index (χ3n) is 5.90. The summed E-state index contributed by atoms with van der Waals surface area (Å²) in [4.78, 5) is 9.42. The maximum absolute atomic E-state index is 4.40. The number of halogens is 1. The van der Waals surface area contributed by atoms with Crippen LogP contribution in [0.5, 0.6) is 0 Å². The Kier molecular flexibility index (Phi) is 11.4. The maximum atomic E-state index is 4.40. The summed E-state index contributed by atoms with van der Waals surface area (Å²) in [6.45, 7) is 12.9. The first-order valence-corrected chi connectivity index (χ1v) is 10.4. The van der Waals surface area contributed by atoms with Crippen molar-refractivity contribution < 1.29 is 0 Å². The Morgan fingerprint density at radius 1 is 1.08 bits per heavy atom. The summed E-state index contributed by atoms with van der Waals surface area (Å²) in [7, 11) is 4.10. The standard InChI is InChI=1S/C20H41N5.HI/c1-18(2)16-20(8-7-9-20)17-23-19(21-3)22-10-5-6-11-25-14-12-24(4)13-15-25;/h18H,5-17H2,1-4H3,(H2,21,22,23);1H. The quantitative estimate of drug-likeness (QED) is 0.231. The van der Waals surface area contributed by atoms with Crippen LogP contribution < -0.4 is 10.6 Å². The summed E-state index contributed by atoms with van der Waals surface area (Å²) in [5.74, 6) is 1.77. The average Bonchev–Trinajstić information content (AvgIpc) is 2.56. The molecule has 1 aliphatic carbocycles. The molecule has 0 aromatic carbocycles. The van der Waals surface area contributed by atoms with Crippen LogP contribution in [0.15, 0.2) is 4.99 Å². The number of hydrogen-bond acceptors (Lipinski definition) is 3. The highest BCUT2D eigenvalue weighted by atomic mass is 127. The molecule has 0 spiro atoms. The van der Waals surface area contributed by atoms with Crippen molar-refractivity contribution in [3.63, 3.8) is 0 Å². The number of nitrogens with zero attached hydrogens (tertiary/aromatic N) is 3. The molecule has 0 bridgehead atoms. The number of guanidine groups is 1. The zero-order chi connectivity index (χ0) is 18.1. The Labute approximate surface area is 178 Å². The number of nitrogens with one attached hydrogen (secondary N) is 2. The van der Waals surface area contributed by atoms with E-state index in [4.69, 9.17) is 0 Å². The Balaban J connectivity index is 0.00000338. The minimum absolute atomic E-state index is 0. The normalized spacial score (nSPS) is 21.2. The van der Waals surface area contributed by atoms with Crippen LogP contribution in [-0.2, 0) is 0 Å². The summed E-state index contributed by atoms with van der Waals surface area (Å²) in [5, 5.41) is 7.09. The third-order valence-corrected chi connectivity index (χ3v) is 5.90. The van der Waals surface area contributed by atoms with Gasteiger partial charge in [-0.25, -0.2) is 0 Å². The number of piperazine rings is 1. The van der Waals surface area contributed by atoms with Gasteiger partial charge in [-0.05, 0) is 57.0 Å². The van der Waals surface area contributed by atoms with Crippen molar-refractivity contribution in [3.05, 3.63) is 0 Å². The van der Waals surface area contributed by atoms with Gasteiger partial charge in [0.05, 0.1) is 0 Å². The van der Waals surface area contributed by atoms with E-state index in [0.29, 0.717) is 5.41 Å². The lowest BCUT2D eigenvalue weighted by atomic mass is 9.64. The molecule has 2 aliphatic rings. The molecular weight excluding hydrogens is 437 g/mol. The van der Waals surface area contributed by atoms with Gasteiger partial charge in [0, 0.05) is 46.3 Å². The molecule has 0 aromatic rings. The molecule has 1 saturated heterocycles. The predicted molar refractivity (Wildman–Crippen MR) is 124 cm³/mol. The molecule has 0 radical (unpaired) electrons. The van der Waals surface area contributed by atoms with E-state index in [9.17, 15) is 0 Å². The van der Waals surface area contributed by atoms with Crippen molar-refractivity contribution in [3.8, 4) is 0 Å². The van der Waals surface area contributed by atoms with Gasteiger partial charge in [0.15, 0.2) is 5.96 Å². The minimum atomic E-state index is 0. The summed E-state index contributed by atoms with van der Waals surface area (Å²) < 4.78 is 0. The van der Waals surface area contributed by atoms with E-state index in [0.717, 1.165) is 25.0 Å². The van der Waals surface area contributed by atoms with Gasteiger partial charge in [0.2, 0.25) is 0 Å². The first-order valence-electron chi connectivity index (χ1n) is 10.4. The molecule has 0 aromatic heterocycles. The molecule has 2 rings (SSSR count). The van der Waals surface area contributed by atoms with E-state index in [1.807, 2.05) is 7.05 Å². The second-order valence-electron chi connectivity index (χ2n) is 8.66. The average molecular weight is 479 g/mol. The molecule has 154 valence electrons. The van der Waals surface area contributed by atoms with Crippen LogP contribution >= 0.6 is 24.0 Å². The number of likely N-dealkylation sites (N-methyl/N-ethyl adjacent to an activating group) is 1. The van der Waals surface area contributed by atoms with Crippen molar-refractivity contribution in [2.24, 2.45) is 16.3 Å². The van der Waals surface area contributed by atoms with Gasteiger partial charge in [-0.1, -0.05) is 20.3 Å². The summed E-state index contributed by atoms with van der Waals surface area (Å²) in [6.07, 6.45) is 7.96. The van der Waals surface area contributed by atoms with E-state index in [1.54, 1.807) is 0 Å². The van der Waals surface area contributed by atoms with Crippen molar-refractivity contribution >= 4 is 29.9 Å². The molecule has 6 heteroatoms. The molecule has 2 fully saturated rings. The van der Waals surface area contributed by atoms with Crippen molar-refractivity contribution in [2.75, 3.05) is 59.9 Å². The van der Waals surface area contributed by atoms with Crippen molar-refractivity contribution in [1.82, 2.24) is 20.4 Å². The van der Waals surface area contributed by atoms with Crippen LogP contribution in [0.1, 0.15) is 52.4 Å². The van der Waals surface area contributed by atoms with E-state index in [2.05, 4.69) is 46.3 Å². The Bertz CT molecular complexity index is 401. The zero-order valence-electron chi connectivity index (χ0n) is 17.5. The van der Waals surface area contributed by atoms with Crippen molar-refractivity contribution in [1.29, 1.82) is 0 Å². The highest BCUT2D eigenvalue weighted by Gasteiger charge is 2.37. The zero-order valence-corrected chi connectivity index (χ0v) is 19.8. The molecule has 1 saturated carbocycles. The second kappa shape index (κ2) is 12.4. The van der Waals surface area contributed by atoms with Crippen LogP contribution in [-0.4, -0.2) is 75.7 Å². The highest BCUT2D eigenvalue weighted by molar-refractivity contribution is 14.0. The molecule has 2 N–H and O–H groups in total. The summed E-state index contributed by atoms with van der Waals surface area (Å²) in [5.41, 5.74) is 0.521. The maximum Gasteiger partial charge on any atom is 0.190 e. The molecule has 5 nitrogen and oxygen atoms in total. The third kappa shape index (κ3) is 8.30. The molecule has 1 heterocycles. The predicted octanol–water partition coefficient (Wildman–Crippen LogP) is 3.01. The van der Waals surface area contributed by atoms with Crippen LogP contribution in [0.3, 0.4) is 0 Å². The van der Waals surface area contributed by atoms with Crippen LogP contribution in [0.25, 0.3) is 0 Å². The number of aliphatic imine (C=N–C) groups is 1. The fourth-order valence-corrected chi connectivity index (χ4v) is 4.23. The fourth-order valence-electron chi connectivity index (χ4n) is 4.23. The minimum Gasteiger partial charge on any atom is -0.356 e. The lowest BCUT2D eigenvalue weighted by Crippen LogP contribution is -2.47. The molecule has 0 unspecified atom stereocenters. The van der Waals surface area contributed by atoms with Crippen LogP contribution in [0.4, 0.5) is 0 Å². The smallest absolute Gasteiger partial charge is 0.190 e. The Morgan fingerprint density at radius 2 is 1.77 bits per heavy atom. The van der Waals surface area contributed by atoms with Crippen LogP contribution in [0, 0.1) is 11.3 Å².